The second-order valence-corrected chi connectivity index (χ2v) is 2.39. The van der Waals surface area contributed by atoms with Crippen molar-refractivity contribution in [3.8, 4) is 0 Å². The highest BCUT2D eigenvalue weighted by molar-refractivity contribution is 7.99. The van der Waals surface area contributed by atoms with E-state index >= 15 is 0 Å². The Morgan fingerprint density at radius 1 is 2.00 bits per heavy atom. The molecule has 0 aromatic heterocycles. The minimum Gasteiger partial charge on any atom is -0.252 e. The maximum Gasteiger partial charge on any atom is 0.0627 e. The molecule has 2 nitrogen and oxygen atoms in total. The van der Waals surface area contributed by atoms with Crippen molar-refractivity contribution in [2.75, 3.05) is 5.75 Å². The fourth-order valence-corrected chi connectivity index (χ4v) is 0.914. The van der Waals surface area contributed by atoms with E-state index in [0.717, 1.165) is 10.6 Å². The summed E-state index contributed by atoms with van der Waals surface area (Å²) in [6.45, 7) is 0. The van der Waals surface area contributed by atoms with Crippen LogP contribution in [0.15, 0.2) is 5.10 Å². The lowest BCUT2D eigenvalue weighted by Crippen LogP contribution is -2.11. The van der Waals surface area contributed by atoms with Crippen molar-refractivity contribution in [3.05, 3.63) is 0 Å². The molecule has 0 saturated carbocycles. The molecule has 0 amide bonds. The van der Waals surface area contributed by atoms with Crippen molar-refractivity contribution in [1.82, 2.24) is 4.83 Å². The predicted molar refractivity (Wildman–Crippen MR) is 36.7 cm³/mol. The molecular weight excluding hydrogens is 128 g/mol. The predicted octanol–water partition coefficient (Wildman–Crippen LogP) is 0.594. The molecule has 0 radical (unpaired) electrons. The highest BCUT2D eigenvalue weighted by Crippen LogP contribution is 1.97. The summed E-state index contributed by atoms with van der Waals surface area (Å²) in [6, 6.07) is 0. The van der Waals surface area contributed by atoms with Crippen LogP contribution in [-0.4, -0.2) is 16.8 Å². The van der Waals surface area contributed by atoms with Gasteiger partial charge >= 0.3 is 0 Å². The normalized spacial score (nSPS) is 19.1. The SMILES string of the molecule is S=C1C=NNSC1. The zero-order valence-corrected chi connectivity index (χ0v) is 5.18. The second-order valence-electron chi connectivity index (χ2n) is 1.10. The third kappa shape index (κ3) is 1.44. The average molecular weight is 132 g/mol. The molecule has 0 atom stereocenters. The fourth-order valence-electron chi connectivity index (χ4n) is 0.276. The first kappa shape index (κ1) is 5.05. The van der Waals surface area contributed by atoms with Gasteiger partial charge in [0.2, 0.25) is 0 Å². The van der Waals surface area contributed by atoms with Crippen molar-refractivity contribution >= 4 is 35.2 Å². The number of hydrazone groups is 1. The molecule has 0 aliphatic carbocycles. The van der Waals surface area contributed by atoms with E-state index < -0.39 is 0 Å². The summed E-state index contributed by atoms with van der Waals surface area (Å²) in [7, 11) is 0. The smallest absolute Gasteiger partial charge is 0.0627 e. The molecule has 1 aliphatic heterocycles. The van der Waals surface area contributed by atoms with E-state index in [4.69, 9.17) is 12.2 Å². The fraction of sp³-hybridized carbons (Fsp3) is 0.333. The topological polar surface area (TPSA) is 24.4 Å². The molecule has 0 aromatic carbocycles. The van der Waals surface area contributed by atoms with Gasteiger partial charge in [0.15, 0.2) is 0 Å². The van der Waals surface area contributed by atoms with Crippen LogP contribution in [0.4, 0.5) is 0 Å². The Morgan fingerprint density at radius 2 is 2.86 bits per heavy atom. The maximum absolute atomic E-state index is 4.80. The Hall–Kier alpha value is -0.0900. The van der Waals surface area contributed by atoms with Gasteiger partial charge in [0.1, 0.15) is 0 Å². The van der Waals surface area contributed by atoms with Crippen molar-refractivity contribution in [2.45, 2.75) is 0 Å². The Balaban J connectivity index is 2.51. The molecule has 38 valence electrons. The second kappa shape index (κ2) is 2.28. The van der Waals surface area contributed by atoms with Crippen LogP contribution < -0.4 is 4.83 Å². The zero-order chi connectivity index (χ0) is 5.11. The first-order chi connectivity index (χ1) is 3.39. The average Bonchev–Trinajstić information content (AvgIpc) is 1.69. The molecular formula is C3H4N2S2. The Labute approximate surface area is 51.5 Å². The molecule has 0 fully saturated rings. The minimum atomic E-state index is 0.874. The molecule has 1 aliphatic rings. The Bertz CT molecular complexity index is 110. The van der Waals surface area contributed by atoms with Crippen LogP contribution in [0.25, 0.3) is 0 Å². The van der Waals surface area contributed by atoms with E-state index in [1.807, 2.05) is 0 Å². The van der Waals surface area contributed by atoms with Gasteiger partial charge in [-0.3, -0.25) is 4.83 Å². The molecule has 0 unspecified atom stereocenters. The van der Waals surface area contributed by atoms with Gasteiger partial charge in [-0.25, -0.2) is 0 Å². The van der Waals surface area contributed by atoms with E-state index in [9.17, 15) is 0 Å². The minimum absolute atomic E-state index is 0.874. The van der Waals surface area contributed by atoms with E-state index in [0.29, 0.717) is 0 Å². The van der Waals surface area contributed by atoms with Crippen LogP contribution in [0.1, 0.15) is 0 Å². The van der Waals surface area contributed by atoms with Gasteiger partial charge < -0.3 is 0 Å². The highest BCUT2D eigenvalue weighted by Gasteiger charge is 1.95. The summed E-state index contributed by atoms with van der Waals surface area (Å²) < 4.78 is 0. The van der Waals surface area contributed by atoms with Gasteiger partial charge in [0.05, 0.1) is 12.0 Å². The summed E-state index contributed by atoms with van der Waals surface area (Å²) in [4.78, 5) is 3.62. The number of rotatable bonds is 0. The van der Waals surface area contributed by atoms with E-state index in [1.165, 1.54) is 11.9 Å². The summed E-state index contributed by atoms with van der Waals surface area (Å²) in [5.41, 5.74) is 0. The number of hydrogen-bond acceptors (Lipinski definition) is 4. The van der Waals surface area contributed by atoms with Crippen LogP contribution in [0, 0.1) is 0 Å². The number of hydrogen-bond donors (Lipinski definition) is 1. The lowest BCUT2D eigenvalue weighted by Gasteiger charge is -2.01. The van der Waals surface area contributed by atoms with E-state index in [-0.39, 0.29) is 0 Å². The molecule has 4 heteroatoms. The zero-order valence-electron chi connectivity index (χ0n) is 3.55. The number of nitrogens with zero attached hydrogens (tertiary/aromatic N) is 1. The quantitative estimate of drug-likeness (QED) is 0.386. The van der Waals surface area contributed by atoms with Gasteiger partial charge in [-0.05, 0) is 11.9 Å². The third-order valence-electron chi connectivity index (χ3n) is 0.540. The van der Waals surface area contributed by atoms with Crippen LogP contribution in [0.2, 0.25) is 0 Å². The van der Waals surface area contributed by atoms with Gasteiger partial charge in [-0.15, -0.1) is 0 Å². The summed E-state index contributed by atoms with van der Waals surface area (Å²) in [5, 5.41) is 3.70. The lowest BCUT2D eigenvalue weighted by atomic mass is 10.5. The summed E-state index contributed by atoms with van der Waals surface area (Å²) in [5.74, 6) is 0.874. The first-order valence-corrected chi connectivity index (χ1v) is 3.21. The lowest BCUT2D eigenvalue weighted by molar-refractivity contribution is 1.13. The van der Waals surface area contributed by atoms with Crippen LogP contribution in [0.3, 0.4) is 0 Å². The Kier molecular flexibility index (Phi) is 1.64. The summed E-state index contributed by atoms with van der Waals surface area (Å²) in [6.07, 6.45) is 1.66. The van der Waals surface area contributed by atoms with Crippen LogP contribution in [-0.2, 0) is 0 Å². The molecule has 0 bridgehead atoms. The van der Waals surface area contributed by atoms with E-state index in [1.54, 1.807) is 6.21 Å². The van der Waals surface area contributed by atoms with Gasteiger partial charge in [0, 0.05) is 4.86 Å². The van der Waals surface area contributed by atoms with Crippen molar-refractivity contribution in [2.24, 2.45) is 5.10 Å². The molecule has 0 spiro atoms. The van der Waals surface area contributed by atoms with Gasteiger partial charge in [0.25, 0.3) is 0 Å². The Morgan fingerprint density at radius 3 is 3.14 bits per heavy atom. The van der Waals surface area contributed by atoms with Crippen molar-refractivity contribution in [3.63, 3.8) is 0 Å². The molecule has 0 aromatic rings. The van der Waals surface area contributed by atoms with Crippen molar-refractivity contribution in [1.29, 1.82) is 0 Å². The van der Waals surface area contributed by atoms with Gasteiger partial charge in [-0.2, -0.15) is 5.10 Å². The number of thiocarbonyl (C=S) groups is 1. The standard InChI is InChI=1S/C3H4N2S2/c6-3-1-4-5-7-2-3/h1,5H,2H2. The molecule has 0 saturated heterocycles. The number of nitrogens with one attached hydrogen (secondary N) is 1. The monoisotopic (exact) mass is 132 g/mol. The van der Waals surface area contributed by atoms with Crippen molar-refractivity contribution < 1.29 is 0 Å². The van der Waals surface area contributed by atoms with Gasteiger partial charge in [-0.1, -0.05) is 12.2 Å². The highest BCUT2D eigenvalue weighted by atomic mass is 32.2. The summed E-state index contributed by atoms with van der Waals surface area (Å²) >= 11 is 6.31. The molecule has 7 heavy (non-hydrogen) atoms. The van der Waals surface area contributed by atoms with Crippen LogP contribution in [0.5, 0.6) is 0 Å². The first-order valence-electron chi connectivity index (χ1n) is 1.82. The largest absolute Gasteiger partial charge is 0.252 e. The third-order valence-corrected chi connectivity index (χ3v) is 1.66. The molecule has 1 N–H and O–H groups in total. The maximum atomic E-state index is 4.80. The molecule has 1 heterocycles. The van der Waals surface area contributed by atoms with Crippen LogP contribution >= 0.6 is 24.2 Å². The van der Waals surface area contributed by atoms with E-state index in [2.05, 4.69) is 9.93 Å². The molecule has 1 rings (SSSR count).